The summed E-state index contributed by atoms with van der Waals surface area (Å²) in [6.07, 6.45) is 0.0156. The molecule has 118 valence electrons. The third kappa shape index (κ3) is 4.72. The second-order valence-electron chi connectivity index (χ2n) is 5.68. The monoisotopic (exact) mass is 302 g/mol. The van der Waals surface area contributed by atoms with Crippen molar-refractivity contribution in [2.45, 2.75) is 32.4 Å². The summed E-state index contributed by atoms with van der Waals surface area (Å²) in [5.74, 6) is -0.241. The smallest absolute Gasteiger partial charge is 0.251 e. The molecule has 0 fully saturated rings. The van der Waals surface area contributed by atoms with Gasteiger partial charge < -0.3 is 15.5 Å². The Morgan fingerprint density at radius 1 is 1.23 bits per heavy atom. The molecule has 2 unspecified atom stereocenters. The predicted octanol–water partition coefficient (Wildman–Crippen LogP) is 1.64. The zero-order valence-electron chi connectivity index (χ0n) is 12.8. The summed E-state index contributed by atoms with van der Waals surface area (Å²) in [7, 11) is 0. The van der Waals surface area contributed by atoms with Gasteiger partial charge in [0.15, 0.2) is 5.88 Å². The Morgan fingerprint density at radius 2 is 1.91 bits per heavy atom. The molecule has 4 N–H and O–H groups in total. The Balaban J connectivity index is 1.88. The van der Waals surface area contributed by atoms with Crippen LogP contribution in [0.4, 0.5) is 0 Å². The maximum absolute atomic E-state index is 11.3. The predicted molar refractivity (Wildman–Crippen MR) is 86.0 cm³/mol. The van der Waals surface area contributed by atoms with E-state index in [-0.39, 0.29) is 11.9 Å². The molecule has 0 aliphatic heterocycles. The summed E-state index contributed by atoms with van der Waals surface area (Å²) in [6.45, 7) is 4.41. The molecule has 1 aromatic heterocycles. The van der Waals surface area contributed by atoms with E-state index in [2.05, 4.69) is 41.5 Å². The summed E-state index contributed by atoms with van der Waals surface area (Å²) in [6, 6.07) is 11.2. The largest absolute Gasteiger partial charge is 0.495 e. The summed E-state index contributed by atoms with van der Waals surface area (Å²) in [5.41, 5.74) is 2.43. The van der Waals surface area contributed by atoms with E-state index < -0.39 is 11.7 Å². The summed E-state index contributed by atoms with van der Waals surface area (Å²) in [4.78, 5) is 13.5. The van der Waals surface area contributed by atoms with E-state index in [1.54, 1.807) is 0 Å². The summed E-state index contributed by atoms with van der Waals surface area (Å²) >= 11 is 0. The minimum absolute atomic E-state index is 0.188. The van der Waals surface area contributed by atoms with Crippen molar-refractivity contribution in [2.24, 2.45) is 0 Å². The zero-order chi connectivity index (χ0) is 16.1. The molecule has 5 nitrogen and oxygen atoms in total. The van der Waals surface area contributed by atoms with E-state index in [1.165, 1.54) is 23.3 Å². The van der Waals surface area contributed by atoms with Crippen molar-refractivity contribution in [1.82, 2.24) is 10.3 Å². The fraction of sp³-hybridized carbons (Fsp3) is 0.353. The molecule has 0 amide bonds. The van der Waals surface area contributed by atoms with Crippen LogP contribution in [0, 0.1) is 6.92 Å². The first-order valence-electron chi connectivity index (χ1n) is 7.34. The molecule has 0 bridgehead atoms. The molecule has 5 heteroatoms. The molecule has 0 saturated carbocycles. The van der Waals surface area contributed by atoms with Gasteiger partial charge in [0.25, 0.3) is 5.56 Å². The average Bonchev–Trinajstić information content (AvgIpc) is 2.46. The van der Waals surface area contributed by atoms with Crippen molar-refractivity contribution in [3.63, 3.8) is 0 Å². The van der Waals surface area contributed by atoms with Crippen molar-refractivity contribution < 1.29 is 10.2 Å². The van der Waals surface area contributed by atoms with Crippen LogP contribution in [0.15, 0.2) is 41.2 Å². The highest BCUT2D eigenvalue weighted by atomic mass is 16.3. The number of aromatic amines is 1. The molecule has 2 rings (SSSR count). The standard InChI is InChI=1S/C17H22N2O3/c1-11-3-5-13(6-4-11)7-12(2)18-10-15(20)14-8-16(21)19-17(22)9-14/h3-6,8-9,12,15,18,20H,7,10H2,1-2H3,(H2,19,21,22). The van der Waals surface area contributed by atoms with Gasteiger partial charge in [0.05, 0.1) is 6.10 Å². The molecule has 0 spiro atoms. The molecular weight excluding hydrogens is 280 g/mol. The number of hydrogen-bond acceptors (Lipinski definition) is 4. The number of pyridine rings is 1. The molecule has 1 heterocycles. The summed E-state index contributed by atoms with van der Waals surface area (Å²) in [5, 5.41) is 22.7. The van der Waals surface area contributed by atoms with Crippen molar-refractivity contribution >= 4 is 0 Å². The molecule has 0 aliphatic carbocycles. The first-order chi connectivity index (χ1) is 10.4. The molecule has 0 saturated heterocycles. The average molecular weight is 302 g/mol. The van der Waals surface area contributed by atoms with E-state index in [0.29, 0.717) is 12.1 Å². The number of aromatic nitrogens is 1. The molecular formula is C17H22N2O3. The van der Waals surface area contributed by atoms with Crippen molar-refractivity contribution in [3.8, 4) is 5.88 Å². The third-order valence-electron chi connectivity index (χ3n) is 3.56. The normalized spacial score (nSPS) is 13.8. The first-order valence-corrected chi connectivity index (χ1v) is 7.34. The SMILES string of the molecule is Cc1ccc(CC(C)NCC(O)c2cc(O)[nH]c(=O)c2)cc1. The highest BCUT2D eigenvalue weighted by Crippen LogP contribution is 2.14. The van der Waals surface area contributed by atoms with Gasteiger partial charge in [-0.3, -0.25) is 9.78 Å². The van der Waals surface area contributed by atoms with Gasteiger partial charge in [-0.05, 0) is 31.4 Å². The van der Waals surface area contributed by atoms with Gasteiger partial charge in [-0.2, -0.15) is 0 Å². The van der Waals surface area contributed by atoms with E-state index >= 15 is 0 Å². The van der Waals surface area contributed by atoms with Crippen LogP contribution >= 0.6 is 0 Å². The van der Waals surface area contributed by atoms with Crippen LogP contribution < -0.4 is 10.9 Å². The van der Waals surface area contributed by atoms with Gasteiger partial charge in [0.1, 0.15) is 0 Å². The van der Waals surface area contributed by atoms with Gasteiger partial charge in [0.2, 0.25) is 0 Å². The second kappa shape index (κ2) is 7.24. The van der Waals surface area contributed by atoms with Crippen LogP contribution in [0.3, 0.4) is 0 Å². The zero-order valence-corrected chi connectivity index (χ0v) is 12.8. The number of aromatic hydroxyl groups is 1. The Hall–Kier alpha value is -2.11. The molecule has 22 heavy (non-hydrogen) atoms. The maximum atomic E-state index is 11.3. The summed E-state index contributed by atoms with van der Waals surface area (Å²) < 4.78 is 0. The molecule has 0 aliphatic rings. The molecule has 2 atom stereocenters. The lowest BCUT2D eigenvalue weighted by Crippen LogP contribution is -2.32. The van der Waals surface area contributed by atoms with Crippen molar-refractivity contribution in [3.05, 3.63) is 63.4 Å². The highest BCUT2D eigenvalue weighted by molar-refractivity contribution is 5.23. The lowest BCUT2D eigenvalue weighted by Gasteiger charge is -2.17. The number of aliphatic hydroxyl groups excluding tert-OH is 1. The minimum Gasteiger partial charge on any atom is -0.495 e. The number of H-pyrrole nitrogens is 1. The third-order valence-corrected chi connectivity index (χ3v) is 3.56. The lowest BCUT2D eigenvalue weighted by molar-refractivity contribution is 0.170. The van der Waals surface area contributed by atoms with Crippen LogP contribution in [0.25, 0.3) is 0 Å². The number of nitrogens with one attached hydrogen (secondary N) is 2. The fourth-order valence-corrected chi connectivity index (χ4v) is 2.32. The van der Waals surface area contributed by atoms with Gasteiger partial charge in [-0.1, -0.05) is 29.8 Å². The van der Waals surface area contributed by atoms with Crippen LogP contribution in [-0.4, -0.2) is 27.8 Å². The lowest BCUT2D eigenvalue weighted by atomic mass is 10.0. The fourth-order valence-electron chi connectivity index (χ4n) is 2.32. The number of benzene rings is 1. The van der Waals surface area contributed by atoms with Crippen molar-refractivity contribution in [1.29, 1.82) is 0 Å². The first kappa shape index (κ1) is 16.3. The van der Waals surface area contributed by atoms with Crippen LogP contribution in [0.1, 0.15) is 29.7 Å². The molecule has 2 aromatic rings. The Labute approximate surface area is 129 Å². The quantitative estimate of drug-likeness (QED) is 0.653. The number of aryl methyl sites for hydroxylation is 1. The van der Waals surface area contributed by atoms with E-state index in [1.807, 2.05) is 6.92 Å². The maximum Gasteiger partial charge on any atom is 0.251 e. The highest BCUT2D eigenvalue weighted by Gasteiger charge is 2.11. The topological polar surface area (TPSA) is 85.3 Å². The van der Waals surface area contributed by atoms with Gasteiger partial charge in [-0.25, -0.2) is 0 Å². The second-order valence-corrected chi connectivity index (χ2v) is 5.68. The number of rotatable bonds is 6. The van der Waals surface area contributed by atoms with E-state index in [9.17, 15) is 15.0 Å². The Kier molecular flexibility index (Phi) is 5.35. The Bertz CT molecular complexity index is 664. The Morgan fingerprint density at radius 3 is 2.55 bits per heavy atom. The van der Waals surface area contributed by atoms with Crippen LogP contribution in [0.5, 0.6) is 5.88 Å². The number of hydrogen-bond donors (Lipinski definition) is 4. The van der Waals surface area contributed by atoms with E-state index in [0.717, 1.165) is 6.42 Å². The molecule has 1 aromatic carbocycles. The van der Waals surface area contributed by atoms with Crippen LogP contribution in [-0.2, 0) is 6.42 Å². The van der Waals surface area contributed by atoms with Gasteiger partial charge >= 0.3 is 0 Å². The van der Waals surface area contributed by atoms with Gasteiger partial charge in [0, 0.05) is 24.7 Å². The number of aliphatic hydroxyl groups is 1. The van der Waals surface area contributed by atoms with E-state index in [4.69, 9.17) is 0 Å². The minimum atomic E-state index is -0.839. The van der Waals surface area contributed by atoms with Gasteiger partial charge in [-0.15, -0.1) is 0 Å². The van der Waals surface area contributed by atoms with Crippen molar-refractivity contribution in [2.75, 3.05) is 6.54 Å². The molecule has 0 radical (unpaired) electrons. The van der Waals surface area contributed by atoms with Crippen LogP contribution in [0.2, 0.25) is 0 Å².